The number of aliphatic hydroxyl groups is 1. The predicted octanol–water partition coefficient (Wildman–Crippen LogP) is 8.95. The minimum absolute atomic E-state index is 0.0381. The maximum absolute atomic E-state index is 12.2. The monoisotopic (exact) mass is 896 g/mol. The standard InChI is InChI=1S/C48H69N9O6Si/c1-11-12-38(23-26-63-64(9,10)48(3,4)5)51-46-52-45(56(31-34-13-17-39(61-7)18-14-34)32-35-15-19-40(62-8)20-16-35)44-50-29-41(57(44)53-46)42(58)37-27-33(2)43(49-28-37)55-24-21-36(22-25-55)30-54(6)47(59)60/h13-20,27-29,36,38,42,58H,11-12,21-26,30-32H2,1-10H3,(H,51,53)(H,59,60)/t38-,42?/m0/s1. The highest BCUT2D eigenvalue weighted by Gasteiger charge is 2.37. The summed E-state index contributed by atoms with van der Waals surface area (Å²) in [7, 11) is 2.99. The lowest BCUT2D eigenvalue weighted by Gasteiger charge is -2.36. The van der Waals surface area contributed by atoms with Gasteiger partial charge < -0.3 is 44.1 Å². The van der Waals surface area contributed by atoms with Crippen molar-refractivity contribution >= 4 is 37.6 Å². The number of carbonyl (C=O) groups is 1. The highest BCUT2D eigenvalue weighted by Crippen LogP contribution is 2.37. The van der Waals surface area contributed by atoms with Crippen molar-refractivity contribution in [3.8, 4) is 11.5 Å². The van der Waals surface area contributed by atoms with E-state index < -0.39 is 20.5 Å². The Labute approximate surface area is 379 Å². The molecule has 15 nitrogen and oxygen atoms in total. The van der Waals surface area contributed by atoms with E-state index in [1.807, 2.05) is 37.3 Å². The van der Waals surface area contributed by atoms with Crippen molar-refractivity contribution in [3.63, 3.8) is 0 Å². The normalized spacial score (nSPS) is 14.6. The molecule has 5 aromatic rings. The number of nitrogens with one attached hydrogen (secondary N) is 1. The van der Waals surface area contributed by atoms with E-state index in [9.17, 15) is 15.0 Å². The van der Waals surface area contributed by atoms with E-state index >= 15 is 0 Å². The molecular weight excluding hydrogens is 827 g/mol. The second-order valence-electron chi connectivity index (χ2n) is 18.7. The molecule has 0 saturated carbocycles. The molecule has 1 saturated heterocycles. The zero-order chi connectivity index (χ0) is 46.2. The van der Waals surface area contributed by atoms with Gasteiger partial charge in [0, 0.05) is 64.2 Å². The fraction of sp³-hybridized carbons (Fsp3) is 0.521. The second kappa shape index (κ2) is 21.0. The van der Waals surface area contributed by atoms with Gasteiger partial charge in [-0.1, -0.05) is 58.4 Å². The second-order valence-corrected chi connectivity index (χ2v) is 23.5. The van der Waals surface area contributed by atoms with Crippen LogP contribution in [0, 0.1) is 12.8 Å². The molecule has 64 heavy (non-hydrogen) atoms. The van der Waals surface area contributed by atoms with Crippen LogP contribution in [0.5, 0.6) is 11.5 Å². The molecule has 0 bridgehead atoms. The van der Waals surface area contributed by atoms with Gasteiger partial charge in [-0.05, 0) is 104 Å². The van der Waals surface area contributed by atoms with Gasteiger partial charge in [-0.25, -0.2) is 19.3 Å². The summed E-state index contributed by atoms with van der Waals surface area (Å²) in [6, 6.07) is 18.1. The largest absolute Gasteiger partial charge is 0.497 e. The molecule has 16 heteroatoms. The molecule has 1 fully saturated rings. The summed E-state index contributed by atoms with van der Waals surface area (Å²) in [5.41, 5.74) is 4.66. The number of aryl methyl sites for hydroxylation is 1. The molecule has 2 atom stereocenters. The molecule has 3 aromatic heterocycles. The van der Waals surface area contributed by atoms with Gasteiger partial charge in [-0.15, -0.1) is 5.10 Å². The smallest absolute Gasteiger partial charge is 0.407 e. The number of benzene rings is 2. The first-order chi connectivity index (χ1) is 30.5. The Bertz CT molecular complexity index is 2240. The Morgan fingerprint density at radius 3 is 2.09 bits per heavy atom. The van der Waals surface area contributed by atoms with Crippen LogP contribution in [-0.2, 0) is 17.5 Å². The van der Waals surface area contributed by atoms with Crippen LogP contribution in [0.1, 0.15) is 93.9 Å². The molecular formula is C48H69N9O6Si. The number of nitrogens with zero attached hydrogens (tertiary/aromatic N) is 8. The minimum atomic E-state index is -1.96. The third-order valence-electron chi connectivity index (χ3n) is 12.9. The van der Waals surface area contributed by atoms with Crippen molar-refractivity contribution in [2.45, 2.75) is 110 Å². The number of methoxy groups -OCH3 is 2. The molecule has 6 rings (SSSR count). The Hall–Kier alpha value is -5.45. The van der Waals surface area contributed by atoms with Crippen LogP contribution in [0.4, 0.5) is 22.4 Å². The molecule has 0 aliphatic carbocycles. The number of fused-ring (bicyclic) bond motifs is 1. The predicted molar refractivity (Wildman–Crippen MR) is 255 cm³/mol. The topological polar surface area (TPSA) is 163 Å². The lowest BCUT2D eigenvalue weighted by Crippen LogP contribution is -2.41. The number of carboxylic acid groups (broad SMARTS) is 1. The molecule has 1 aliphatic rings. The Morgan fingerprint density at radius 1 is 0.953 bits per heavy atom. The van der Waals surface area contributed by atoms with Crippen LogP contribution in [0.25, 0.3) is 5.65 Å². The Kier molecular flexibility index (Phi) is 15.8. The summed E-state index contributed by atoms with van der Waals surface area (Å²) < 4.78 is 19.3. The van der Waals surface area contributed by atoms with E-state index in [-0.39, 0.29) is 11.1 Å². The van der Waals surface area contributed by atoms with Crippen LogP contribution in [0.2, 0.25) is 18.1 Å². The number of hydrogen-bond donors (Lipinski definition) is 3. The first-order valence-electron chi connectivity index (χ1n) is 22.5. The molecule has 346 valence electrons. The van der Waals surface area contributed by atoms with Gasteiger partial charge in [-0.3, -0.25) is 0 Å². The van der Waals surface area contributed by atoms with Gasteiger partial charge in [0.2, 0.25) is 5.95 Å². The number of amides is 1. The van der Waals surface area contributed by atoms with Crippen molar-refractivity contribution in [3.05, 3.63) is 94.9 Å². The van der Waals surface area contributed by atoms with E-state index in [4.69, 9.17) is 34.0 Å². The highest BCUT2D eigenvalue weighted by atomic mass is 28.4. The van der Waals surface area contributed by atoms with Gasteiger partial charge in [-0.2, -0.15) is 4.98 Å². The van der Waals surface area contributed by atoms with Gasteiger partial charge in [0.25, 0.3) is 0 Å². The van der Waals surface area contributed by atoms with Gasteiger partial charge in [0.1, 0.15) is 23.4 Å². The van der Waals surface area contributed by atoms with Crippen molar-refractivity contribution in [2.24, 2.45) is 5.92 Å². The van der Waals surface area contributed by atoms with Crippen LogP contribution in [0.3, 0.4) is 0 Å². The van der Waals surface area contributed by atoms with Gasteiger partial charge in [0.05, 0.1) is 26.1 Å². The summed E-state index contributed by atoms with van der Waals surface area (Å²) in [6.45, 7) is 19.2. The molecule has 1 aliphatic heterocycles. The number of imidazole rings is 1. The summed E-state index contributed by atoms with van der Waals surface area (Å²) in [4.78, 5) is 32.2. The SMILES string of the molecule is CCC[C@@H](CCO[Si](C)(C)C(C)(C)C)Nc1nc(N(Cc2ccc(OC)cc2)Cc2ccc(OC)cc2)c2ncc(C(O)c3cnc(N4CCC(CN(C)C(=O)O)CC4)c(C)c3)n2n1. The molecule has 4 heterocycles. The number of piperidine rings is 1. The number of rotatable bonds is 20. The van der Waals surface area contributed by atoms with E-state index in [1.54, 1.807) is 38.2 Å². The van der Waals surface area contributed by atoms with Crippen LogP contribution >= 0.6 is 0 Å². The van der Waals surface area contributed by atoms with Gasteiger partial charge >= 0.3 is 6.09 Å². The maximum Gasteiger partial charge on any atom is 0.407 e. The maximum atomic E-state index is 12.2. The van der Waals surface area contributed by atoms with Crippen LogP contribution < -0.4 is 24.6 Å². The summed E-state index contributed by atoms with van der Waals surface area (Å²) in [5.74, 6) is 3.75. The average molecular weight is 896 g/mol. The van der Waals surface area contributed by atoms with E-state index in [0.29, 0.717) is 60.8 Å². The fourth-order valence-electron chi connectivity index (χ4n) is 7.98. The van der Waals surface area contributed by atoms with E-state index in [1.165, 1.54) is 4.90 Å². The lowest BCUT2D eigenvalue weighted by atomic mass is 9.96. The van der Waals surface area contributed by atoms with Crippen molar-refractivity contribution < 1.29 is 28.9 Å². The fourth-order valence-corrected chi connectivity index (χ4v) is 9.04. The number of anilines is 3. The number of aromatic nitrogens is 5. The highest BCUT2D eigenvalue weighted by molar-refractivity contribution is 6.74. The molecule has 1 unspecified atom stereocenters. The number of pyridine rings is 1. The van der Waals surface area contributed by atoms with Crippen molar-refractivity contribution in [2.75, 3.05) is 62.6 Å². The third-order valence-corrected chi connectivity index (χ3v) is 17.4. The first-order valence-corrected chi connectivity index (χ1v) is 25.4. The first kappa shape index (κ1) is 48.0. The van der Waals surface area contributed by atoms with E-state index in [2.05, 4.69) is 80.2 Å². The zero-order valence-corrected chi connectivity index (χ0v) is 40.5. The van der Waals surface area contributed by atoms with E-state index in [0.717, 1.165) is 79.2 Å². The third kappa shape index (κ3) is 11.8. The van der Waals surface area contributed by atoms with Crippen molar-refractivity contribution in [1.29, 1.82) is 0 Å². The minimum Gasteiger partial charge on any atom is -0.497 e. The average Bonchev–Trinajstić information content (AvgIpc) is 3.70. The number of hydrogen-bond acceptors (Lipinski definition) is 12. The molecule has 3 N–H and O–H groups in total. The summed E-state index contributed by atoms with van der Waals surface area (Å²) in [5, 5.41) is 30.4. The van der Waals surface area contributed by atoms with Crippen LogP contribution in [0.15, 0.2) is 67.0 Å². The Balaban J connectivity index is 1.36. The molecule has 0 spiro atoms. The van der Waals surface area contributed by atoms with Gasteiger partial charge in [0.15, 0.2) is 19.8 Å². The van der Waals surface area contributed by atoms with Crippen LogP contribution in [-0.4, -0.2) is 108 Å². The quantitative estimate of drug-likeness (QED) is 0.0636. The molecule has 1 amide bonds. The summed E-state index contributed by atoms with van der Waals surface area (Å²) >= 11 is 0. The molecule has 0 radical (unpaired) electrons. The number of aliphatic hydroxyl groups excluding tert-OH is 1. The van der Waals surface area contributed by atoms with Crippen molar-refractivity contribution in [1.82, 2.24) is 29.5 Å². The zero-order valence-electron chi connectivity index (χ0n) is 39.5. The molecule has 2 aromatic carbocycles. The Morgan fingerprint density at radius 2 is 1.56 bits per heavy atom. The lowest BCUT2D eigenvalue weighted by molar-refractivity contribution is 0.145. The number of ether oxygens (including phenoxy) is 2. The summed E-state index contributed by atoms with van der Waals surface area (Å²) in [6.07, 6.45) is 5.81.